The predicted molar refractivity (Wildman–Crippen MR) is 78.7 cm³/mol. The SMILES string of the molecule is CCOc1c(N)nsc1NCCC(=O)N(CC)CC. The molecule has 7 heteroatoms. The molecule has 0 saturated heterocycles. The highest BCUT2D eigenvalue weighted by Gasteiger charge is 2.13. The van der Waals surface area contributed by atoms with Crippen LogP contribution in [0.4, 0.5) is 10.8 Å². The van der Waals surface area contributed by atoms with Gasteiger partial charge in [-0.1, -0.05) is 0 Å². The zero-order valence-electron chi connectivity index (χ0n) is 11.7. The van der Waals surface area contributed by atoms with E-state index in [1.165, 1.54) is 11.5 Å². The zero-order chi connectivity index (χ0) is 14.3. The van der Waals surface area contributed by atoms with Crippen molar-refractivity contribution in [2.75, 3.05) is 37.3 Å². The van der Waals surface area contributed by atoms with E-state index in [1.54, 1.807) is 0 Å². The van der Waals surface area contributed by atoms with Crippen LogP contribution in [-0.2, 0) is 4.79 Å². The molecule has 0 bridgehead atoms. The Morgan fingerprint density at radius 2 is 2.11 bits per heavy atom. The summed E-state index contributed by atoms with van der Waals surface area (Å²) in [6, 6.07) is 0. The number of aromatic nitrogens is 1. The summed E-state index contributed by atoms with van der Waals surface area (Å²) in [5, 5.41) is 3.94. The molecule has 0 fully saturated rings. The molecule has 108 valence electrons. The number of hydrogen-bond donors (Lipinski definition) is 2. The summed E-state index contributed by atoms with van der Waals surface area (Å²) in [6.45, 7) is 8.43. The summed E-state index contributed by atoms with van der Waals surface area (Å²) in [5.41, 5.74) is 5.71. The third-order valence-corrected chi connectivity index (χ3v) is 3.50. The van der Waals surface area contributed by atoms with Crippen LogP contribution in [0.25, 0.3) is 0 Å². The normalized spacial score (nSPS) is 10.3. The van der Waals surface area contributed by atoms with Crippen molar-refractivity contribution in [3.05, 3.63) is 0 Å². The molecule has 1 amide bonds. The van der Waals surface area contributed by atoms with E-state index in [2.05, 4.69) is 9.69 Å². The van der Waals surface area contributed by atoms with E-state index in [1.807, 2.05) is 25.7 Å². The van der Waals surface area contributed by atoms with E-state index < -0.39 is 0 Å². The number of anilines is 2. The second-order valence-corrected chi connectivity index (χ2v) is 4.68. The fourth-order valence-corrected chi connectivity index (χ4v) is 2.39. The van der Waals surface area contributed by atoms with Gasteiger partial charge in [-0.25, -0.2) is 0 Å². The van der Waals surface area contributed by atoms with Gasteiger partial charge >= 0.3 is 0 Å². The molecule has 0 aliphatic rings. The van der Waals surface area contributed by atoms with Gasteiger partial charge in [-0.15, -0.1) is 0 Å². The van der Waals surface area contributed by atoms with Gasteiger partial charge in [0.2, 0.25) is 5.91 Å². The number of rotatable bonds is 8. The third-order valence-electron chi connectivity index (χ3n) is 2.70. The van der Waals surface area contributed by atoms with Crippen molar-refractivity contribution in [2.24, 2.45) is 0 Å². The Morgan fingerprint density at radius 1 is 1.42 bits per heavy atom. The van der Waals surface area contributed by atoms with Crippen molar-refractivity contribution in [2.45, 2.75) is 27.2 Å². The number of carbonyl (C=O) groups is 1. The lowest BCUT2D eigenvalue weighted by atomic mass is 10.3. The highest BCUT2D eigenvalue weighted by atomic mass is 32.1. The quantitative estimate of drug-likeness (QED) is 0.761. The highest BCUT2D eigenvalue weighted by Crippen LogP contribution is 2.34. The average Bonchev–Trinajstić information content (AvgIpc) is 2.73. The summed E-state index contributed by atoms with van der Waals surface area (Å²) < 4.78 is 9.46. The Hall–Kier alpha value is -1.50. The first kappa shape index (κ1) is 15.6. The number of nitrogens with zero attached hydrogens (tertiary/aromatic N) is 2. The molecule has 0 spiro atoms. The number of ether oxygens (including phenoxy) is 1. The first-order chi connectivity index (χ1) is 9.13. The van der Waals surface area contributed by atoms with Crippen LogP contribution in [0.1, 0.15) is 27.2 Å². The Kier molecular flexibility index (Phi) is 6.41. The van der Waals surface area contributed by atoms with Crippen molar-refractivity contribution < 1.29 is 9.53 Å². The van der Waals surface area contributed by atoms with E-state index in [4.69, 9.17) is 10.5 Å². The lowest BCUT2D eigenvalue weighted by Crippen LogP contribution is -2.31. The summed E-state index contributed by atoms with van der Waals surface area (Å²) in [7, 11) is 0. The maximum Gasteiger partial charge on any atom is 0.224 e. The van der Waals surface area contributed by atoms with Gasteiger partial charge < -0.3 is 20.7 Å². The predicted octanol–water partition coefficient (Wildman–Crippen LogP) is 1.79. The van der Waals surface area contributed by atoms with Gasteiger partial charge in [-0.05, 0) is 32.3 Å². The molecule has 0 aromatic carbocycles. The van der Waals surface area contributed by atoms with Crippen LogP contribution in [0, 0.1) is 0 Å². The fourth-order valence-electron chi connectivity index (χ4n) is 1.71. The molecule has 1 aromatic heterocycles. The topological polar surface area (TPSA) is 80.5 Å². The minimum Gasteiger partial charge on any atom is -0.487 e. The summed E-state index contributed by atoms with van der Waals surface area (Å²) >= 11 is 1.25. The van der Waals surface area contributed by atoms with Gasteiger partial charge in [-0.2, -0.15) is 4.37 Å². The Bertz CT molecular complexity index is 404. The van der Waals surface area contributed by atoms with Crippen LogP contribution in [0.5, 0.6) is 5.75 Å². The van der Waals surface area contributed by atoms with Crippen LogP contribution in [-0.4, -0.2) is 41.4 Å². The van der Waals surface area contributed by atoms with E-state index in [9.17, 15) is 4.79 Å². The second-order valence-electron chi connectivity index (χ2n) is 3.90. The Labute approximate surface area is 118 Å². The summed E-state index contributed by atoms with van der Waals surface area (Å²) in [6.07, 6.45) is 0.449. The van der Waals surface area contributed by atoms with Crippen molar-refractivity contribution in [3.8, 4) is 5.75 Å². The fraction of sp³-hybridized carbons (Fsp3) is 0.667. The molecule has 0 radical (unpaired) electrons. The van der Waals surface area contributed by atoms with Crippen LogP contribution in [0.2, 0.25) is 0 Å². The summed E-state index contributed by atoms with van der Waals surface area (Å²) in [5.74, 6) is 1.13. The van der Waals surface area contributed by atoms with Crippen molar-refractivity contribution >= 4 is 28.3 Å². The summed E-state index contributed by atoms with van der Waals surface area (Å²) in [4.78, 5) is 13.6. The molecule has 1 rings (SSSR count). The molecule has 0 aliphatic heterocycles. The van der Waals surface area contributed by atoms with Gasteiger partial charge in [0.25, 0.3) is 0 Å². The van der Waals surface area contributed by atoms with E-state index in [-0.39, 0.29) is 5.91 Å². The van der Waals surface area contributed by atoms with E-state index in [0.717, 1.165) is 18.1 Å². The maximum atomic E-state index is 11.8. The van der Waals surface area contributed by atoms with Gasteiger partial charge in [0, 0.05) is 26.1 Å². The van der Waals surface area contributed by atoms with Crippen molar-refractivity contribution in [1.29, 1.82) is 0 Å². The highest BCUT2D eigenvalue weighted by molar-refractivity contribution is 7.11. The largest absolute Gasteiger partial charge is 0.487 e. The lowest BCUT2D eigenvalue weighted by molar-refractivity contribution is -0.130. The molecule has 1 aromatic rings. The molecule has 0 saturated carbocycles. The molecule has 19 heavy (non-hydrogen) atoms. The van der Waals surface area contributed by atoms with Crippen LogP contribution in [0.15, 0.2) is 0 Å². The van der Waals surface area contributed by atoms with E-state index in [0.29, 0.717) is 31.1 Å². The number of nitrogen functional groups attached to an aromatic ring is 1. The number of nitrogens with one attached hydrogen (secondary N) is 1. The lowest BCUT2D eigenvalue weighted by Gasteiger charge is -2.18. The molecular weight excluding hydrogens is 264 g/mol. The van der Waals surface area contributed by atoms with E-state index >= 15 is 0 Å². The number of carbonyl (C=O) groups excluding carboxylic acids is 1. The minimum atomic E-state index is 0.146. The molecule has 1 heterocycles. The molecule has 0 aliphatic carbocycles. The first-order valence-electron chi connectivity index (χ1n) is 6.53. The Balaban J connectivity index is 2.47. The maximum absolute atomic E-state index is 11.8. The van der Waals surface area contributed by atoms with Crippen molar-refractivity contribution in [3.63, 3.8) is 0 Å². The van der Waals surface area contributed by atoms with Gasteiger partial charge in [-0.3, -0.25) is 4.79 Å². The zero-order valence-corrected chi connectivity index (χ0v) is 12.5. The van der Waals surface area contributed by atoms with Gasteiger partial charge in [0.1, 0.15) is 0 Å². The number of nitrogens with two attached hydrogens (primary N) is 1. The molecule has 6 nitrogen and oxygen atoms in total. The van der Waals surface area contributed by atoms with Gasteiger partial charge in [0.05, 0.1) is 6.61 Å². The number of hydrogen-bond acceptors (Lipinski definition) is 6. The molecular formula is C12H22N4O2S. The monoisotopic (exact) mass is 286 g/mol. The number of amides is 1. The van der Waals surface area contributed by atoms with Gasteiger partial charge in [0.15, 0.2) is 16.6 Å². The van der Waals surface area contributed by atoms with Crippen LogP contribution >= 0.6 is 11.5 Å². The third kappa shape index (κ3) is 4.27. The molecule has 0 atom stereocenters. The Morgan fingerprint density at radius 3 is 2.68 bits per heavy atom. The average molecular weight is 286 g/mol. The molecule has 3 N–H and O–H groups in total. The molecule has 0 unspecified atom stereocenters. The smallest absolute Gasteiger partial charge is 0.224 e. The standard InChI is InChI=1S/C12H22N4O2S/c1-4-16(5-2)9(17)7-8-14-12-10(18-6-3)11(13)15-19-12/h14H,4-8H2,1-3H3,(H2,13,15). The minimum absolute atomic E-state index is 0.146. The van der Waals surface area contributed by atoms with Crippen LogP contribution in [0.3, 0.4) is 0 Å². The second kappa shape index (κ2) is 7.83. The first-order valence-corrected chi connectivity index (χ1v) is 7.30. The van der Waals surface area contributed by atoms with Crippen LogP contribution < -0.4 is 15.8 Å². The van der Waals surface area contributed by atoms with Crippen molar-refractivity contribution in [1.82, 2.24) is 9.27 Å².